The SMILES string of the molecule is N.N.N.O=C([O-])CC(O)(CC(=O)[O-])C(=O)[O-].[Fe].[Fe].[Fe]. The second-order valence-electron chi connectivity index (χ2n) is 2.42. The molecule has 0 aliphatic rings. The summed E-state index contributed by atoms with van der Waals surface area (Å²) in [6.45, 7) is 0. The van der Waals surface area contributed by atoms with Gasteiger partial charge >= 0.3 is 0 Å². The molecule has 10 nitrogen and oxygen atoms in total. The van der Waals surface area contributed by atoms with Crippen LogP contribution in [0, 0.1) is 0 Å². The van der Waals surface area contributed by atoms with Gasteiger partial charge in [-0.05, 0) is 0 Å². The van der Waals surface area contributed by atoms with E-state index < -0.39 is 36.4 Å². The van der Waals surface area contributed by atoms with Crippen LogP contribution in [0.2, 0.25) is 0 Å². The molecule has 10 N–H and O–H groups in total. The summed E-state index contributed by atoms with van der Waals surface area (Å²) in [6, 6.07) is 0. The number of carboxylic acids is 3. The monoisotopic (exact) mass is 408 g/mol. The van der Waals surface area contributed by atoms with E-state index in [2.05, 4.69) is 0 Å². The van der Waals surface area contributed by atoms with Crippen molar-refractivity contribution in [1.29, 1.82) is 0 Å². The van der Waals surface area contributed by atoms with Crippen LogP contribution in [0.1, 0.15) is 12.8 Å². The first-order chi connectivity index (χ1) is 5.78. The fraction of sp³-hybridized carbons (Fsp3) is 0.500. The molecule has 0 atom stereocenters. The summed E-state index contributed by atoms with van der Waals surface area (Å²) in [5.74, 6) is -5.98. The molecule has 0 bridgehead atoms. The maximum atomic E-state index is 10.1. The minimum absolute atomic E-state index is 0. The maximum Gasteiger partial charge on any atom is 0.114 e. The second-order valence-corrected chi connectivity index (χ2v) is 2.42. The quantitative estimate of drug-likeness (QED) is 0.316. The van der Waals surface area contributed by atoms with Crippen LogP contribution in [0.5, 0.6) is 0 Å². The molecule has 0 aromatic carbocycles. The van der Waals surface area contributed by atoms with Crippen molar-refractivity contribution >= 4 is 17.9 Å². The van der Waals surface area contributed by atoms with Crippen LogP contribution in [0.3, 0.4) is 0 Å². The molecule has 0 radical (unpaired) electrons. The molecule has 0 aromatic rings. The molecule has 0 saturated carbocycles. The van der Waals surface area contributed by atoms with Gasteiger partial charge in [-0.15, -0.1) is 0 Å². The molecule has 122 valence electrons. The van der Waals surface area contributed by atoms with E-state index in [1.165, 1.54) is 0 Å². The zero-order valence-electron chi connectivity index (χ0n) is 9.49. The van der Waals surface area contributed by atoms with Crippen LogP contribution in [0.15, 0.2) is 0 Å². The van der Waals surface area contributed by atoms with Crippen LogP contribution in [-0.2, 0) is 65.6 Å². The van der Waals surface area contributed by atoms with Gasteiger partial charge in [0.15, 0.2) is 0 Å². The predicted octanol–water partition coefficient (Wildman–Crippen LogP) is -4.77. The Hall–Kier alpha value is -0.192. The number of aliphatic carboxylic acids is 3. The summed E-state index contributed by atoms with van der Waals surface area (Å²) >= 11 is 0. The van der Waals surface area contributed by atoms with Crippen molar-refractivity contribution in [3.05, 3.63) is 0 Å². The van der Waals surface area contributed by atoms with Crippen molar-refractivity contribution < 1.29 is 86.0 Å². The van der Waals surface area contributed by atoms with E-state index in [0.29, 0.717) is 0 Å². The van der Waals surface area contributed by atoms with E-state index in [-0.39, 0.29) is 69.7 Å². The molecular formula is C6H14Fe3N3O7-3. The molecule has 0 rings (SSSR count). The summed E-state index contributed by atoms with van der Waals surface area (Å²) in [4.78, 5) is 30.0. The molecule has 0 saturated heterocycles. The van der Waals surface area contributed by atoms with Crippen LogP contribution in [0.4, 0.5) is 0 Å². The fourth-order valence-electron chi connectivity index (χ4n) is 0.684. The topological polar surface area (TPSA) is 246 Å². The maximum absolute atomic E-state index is 10.1. The molecular weight excluding hydrogens is 394 g/mol. The van der Waals surface area contributed by atoms with Gasteiger partial charge in [-0.1, -0.05) is 0 Å². The van der Waals surface area contributed by atoms with E-state index >= 15 is 0 Å². The third kappa shape index (κ3) is 17.8. The zero-order valence-corrected chi connectivity index (χ0v) is 12.8. The Bertz CT molecular complexity index is 250. The largest absolute Gasteiger partial charge is 0.550 e. The molecule has 19 heavy (non-hydrogen) atoms. The summed E-state index contributed by atoms with van der Waals surface area (Å²) in [6.07, 6.45) is -2.72. The van der Waals surface area contributed by atoms with E-state index in [4.69, 9.17) is 5.11 Å². The Balaban J connectivity index is -0.0000000480. The van der Waals surface area contributed by atoms with Crippen LogP contribution in [-0.4, -0.2) is 28.6 Å². The van der Waals surface area contributed by atoms with Crippen molar-refractivity contribution in [2.24, 2.45) is 0 Å². The zero-order chi connectivity index (χ0) is 10.6. The summed E-state index contributed by atoms with van der Waals surface area (Å²) in [5.41, 5.74) is -2.97. The number of aliphatic hydroxyl groups is 1. The van der Waals surface area contributed by atoms with E-state index in [1.54, 1.807) is 0 Å². The molecule has 0 aromatic heterocycles. The minimum atomic E-state index is -2.97. The van der Waals surface area contributed by atoms with Gasteiger partial charge in [-0.3, -0.25) is 0 Å². The Morgan fingerprint density at radius 2 is 1.00 bits per heavy atom. The Kier molecular flexibility index (Phi) is 40.1. The average molecular weight is 408 g/mol. The van der Waals surface area contributed by atoms with Gasteiger partial charge in [0.05, 0.1) is 5.97 Å². The van der Waals surface area contributed by atoms with Gasteiger partial charge in [0.1, 0.15) is 5.60 Å². The summed E-state index contributed by atoms with van der Waals surface area (Å²) in [7, 11) is 0. The molecule has 0 aliphatic heterocycles. The van der Waals surface area contributed by atoms with Crippen molar-refractivity contribution in [1.82, 2.24) is 18.5 Å². The van der Waals surface area contributed by atoms with Crippen molar-refractivity contribution in [2.45, 2.75) is 18.4 Å². The van der Waals surface area contributed by atoms with Crippen LogP contribution < -0.4 is 33.8 Å². The average Bonchev–Trinajstić information content (AvgIpc) is 1.82. The smallest absolute Gasteiger partial charge is 0.114 e. The molecule has 0 fully saturated rings. The Morgan fingerprint density at radius 3 is 1.11 bits per heavy atom. The van der Waals surface area contributed by atoms with Gasteiger partial charge in [0, 0.05) is 76.0 Å². The standard InChI is InChI=1S/C6H8O7.3Fe.3H3N/c7-3(8)1-6(13,5(11)12)2-4(9)10;;;;;;/h13H,1-2H2,(H,7,8)(H,9,10)(H,11,12);;;;3*1H3/p-3. The predicted molar refractivity (Wildman–Crippen MR) is 44.3 cm³/mol. The fourth-order valence-corrected chi connectivity index (χ4v) is 0.684. The van der Waals surface area contributed by atoms with Gasteiger partial charge < -0.3 is 53.3 Å². The molecule has 0 aliphatic carbocycles. The first-order valence-electron chi connectivity index (χ1n) is 3.11. The third-order valence-electron chi connectivity index (χ3n) is 1.25. The van der Waals surface area contributed by atoms with Crippen molar-refractivity contribution in [2.75, 3.05) is 0 Å². The van der Waals surface area contributed by atoms with Crippen LogP contribution in [0.25, 0.3) is 0 Å². The third-order valence-corrected chi connectivity index (χ3v) is 1.25. The van der Waals surface area contributed by atoms with E-state index in [0.717, 1.165) is 0 Å². The van der Waals surface area contributed by atoms with Gasteiger partial charge in [0.2, 0.25) is 0 Å². The molecule has 0 heterocycles. The number of rotatable bonds is 5. The number of carbonyl (C=O) groups is 3. The number of carboxylic acid groups (broad SMARTS) is 3. The molecule has 0 spiro atoms. The van der Waals surface area contributed by atoms with Gasteiger partial charge in [0.25, 0.3) is 0 Å². The normalized spacial score (nSPS) is 7.42. The summed E-state index contributed by atoms with van der Waals surface area (Å²) < 4.78 is 0. The van der Waals surface area contributed by atoms with E-state index in [9.17, 15) is 29.7 Å². The van der Waals surface area contributed by atoms with Crippen molar-refractivity contribution in [3.8, 4) is 0 Å². The van der Waals surface area contributed by atoms with E-state index in [1.807, 2.05) is 0 Å². The van der Waals surface area contributed by atoms with Crippen LogP contribution >= 0.6 is 0 Å². The number of carbonyl (C=O) groups excluding carboxylic acids is 3. The molecule has 0 unspecified atom stereocenters. The van der Waals surface area contributed by atoms with Gasteiger partial charge in [-0.2, -0.15) is 0 Å². The summed E-state index contributed by atoms with van der Waals surface area (Å²) in [5, 5.41) is 38.9. The van der Waals surface area contributed by atoms with Gasteiger partial charge in [-0.25, -0.2) is 0 Å². The first-order valence-corrected chi connectivity index (χ1v) is 3.11. The first kappa shape index (κ1) is 42.8. The molecule has 0 amide bonds. The minimum Gasteiger partial charge on any atom is -0.550 e. The second kappa shape index (κ2) is 17.8. The number of hydrogen-bond donors (Lipinski definition) is 4. The Morgan fingerprint density at radius 1 is 0.789 bits per heavy atom. The Labute approximate surface area is 140 Å². The van der Waals surface area contributed by atoms with Crippen molar-refractivity contribution in [3.63, 3.8) is 0 Å². The molecule has 13 heteroatoms. The number of hydrogen-bond acceptors (Lipinski definition) is 10.